The Morgan fingerprint density at radius 1 is 1.67 bits per heavy atom. The zero-order valence-electron chi connectivity index (χ0n) is 5.52. The molecule has 4 heteroatoms. The summed E-state index contributed by atoms with van der Waals surface area (Å²) < 4.78 is 0. The van der Waals surface area contributed by atoms with E-state index in [4.69, 9.17) is 4.84 Å². The Hall–Kier alpha value is 0.170. The summed E-state index contributed by atoms with van der Waals surface area (Å²) in [4.78, 5) is 5.11. The Bertz CT molecular complexity index is 68.0. The monoisotopic (exact) mass is 152 g/mol. The van der Waals surface area contributed by atoms with Gasteiger partial charge in [-0.2, -0.15) is 0 Å². The third-order valence-corrected chi connectivity index (χ3v) is 1.14. The summed E-state index contributed by atoms with van der Waals surface area (Å²) in [6.45, 7) is 4.89. The second-order valence-corrected chi connectivity index (χ2v) is 1.90. The van der Waals surface area contributed by atoms with Gasteiger partial charge in [-0.1, -0.05) is 6.92 Å². The number of hydrogen-bond donors (Lipinski definition) is 2. The Balaban J connectivity index is 0.000000640. The second kappa shape index (κ2) is 4.99. The topological polar surface area (TPSA) is 33.3 Å². The molecule has 0 unspecified atom stereocenters. The van der Waals surface area contributed by atoms with Crippen LogP contribution in [0.25, 0.3) is 0 Å². The summed E-state index contributed by atoms with van der Waals surface area (Å²) in [7, 11) is 0. The summed E-state index contributed by atoms with van der Waals surface area (Å²) >= 11 is 0. The standard InChI is InChI=1S/C5H12N2O.ClH/c1-2-7-8-5-3-6-4-5;/h5-7H,2-4H2,1H3;1H. The fraction of sp³-hybridized carbons (Fsp3) is 1.00. The molecule has 56 valence electrons. The smallest absolute Gasteiger partial charge is 0.104 e. The Morgan fingerprint density at radius 3 is 2.67 bits per heavy atom. The molecule has 1 rings (SSSR count). The van der Waals surface area contributed by atoms with Crippen LogP contribution >= 0.6 is 12.4 Å². The molecule has 9 heavy (non-hydrogen) atoms. The van der Waals surface area contributed by atoms with Crippen molar-refractivity contribution in [2.75, 3.05) is 19.6 Å². The molecular formula is C5H13ClN2O. The van der Waals surface area contributed by atoms with E-state index >= 15 is 0 Å². The van der Waals surface area contributed by atoms with Gasteiger partial charge in [0.2, 0.25) is 0 Å². The highest BCUT2D eigenvalue weighted by Gasteiger charge is 2.16. The van der Waals surface area contributed by atoms with Crippen molar-refractivity contribution in [2.45, 2.75) is 13.0 Å². The van der Waals surface area contributed by atoms with Crippen molar-refractivity contribution in [3.8, 4) is 0 Å². The fourth-order valence-electron chi connectivity index (χ4n) is 0.547. The van der Waals surface area contributed by atoms with Gasteiger partial charge in [0.25, 0.3) is 0 Å². The van der Waals surface area contributed by atoms with E-state index in [0.29, 0.717) is 6.10 Å². The number of rotatable bonds is 3. The first-order chi connectivity index (χ1) is 3.93. The Morgan fingerprint density at radius 2 is 2.33 bits per heavy atom. The molecule has 0 spiro atoms. The maximum atomic E-state index is 5.11. The highest BCUT2D eigenvalue weighted by Crippen LogP contribution is 1.93. The lowest BCUT2D eigenvalue weighted by molar-refractivity contribution is -0.0471. The van der Waals surface area contributed by atoms with E-state index in [1.165, 1.54) is 0 Å². The van der Waals surface area contributed by atoms with Crippen LogP contribution in [0.2, 0.25) is 0 Å². The minimum Gasteiger partial charge on any atom is -0.311 e. The predicted molar refractivity (Wildman–Crippen MR) is 38.7 cm³/mol. The van der Waals surface area contributed by atoms with Crippen LogP contribution in [0.4, 0.5) is 0 Å². The van der Waals surface area contributed by atoms with Crippen molar-refractivity contribution in [1.29, 1.82) is 0 Å². The minimum absolute atomic E-state index is 0. The molecule has 0 aromatic heterocycles. The predicted octanol–water partition coefficient (Wildman–Crippen LogP) is -0.0789. The maximum Gasteiger partial charge on any atom is 0.104 e. The van der Waals surface area contributed by atoms with Gasteiger partial charge in [-0.15, -0.1) is 12.4 Å². The second-order valence-electron chi connectivity index (χ2n) is 1.90. The van der Waals surface area contributed by atoms with Gasteiger partial charge in [0.05, 0.1) is 0 Å². The van der Waals surface area contributed by atoms with Gasteiger partial charge >= 0.3 is 0 Å². The van der Waals surface area contributed by atoms with Crippen molar-refractivity contribution in [2.24, 2.45) is 0 Å². The lowest BCUT2D eigenvalue weighted by Gasteiger charge is -2.26. The molecule has 0 amide bonds. The van der Waals surface area contributed by atoms with Crippen molar-refractivity contribution in [1.82, 2.24) is 10.8 Å². The molecule has 0 saturated carbocycles. The van der Waals surface area contributed by atoms with E-state index in [1.807, 2.05) is 6.92 Å². The summed E-state index contributed by atoms with van der Waals surface area (Å²) in [5.41, 5.74) is 2.81. The first-order valence-corrected chi connectivity index (χ1v) is 3.02. The third kappa shape index (κ3) is 3.01. The number of hydroxylamine groups is 1. The van der Waals surface area contributed by atoms with E-state index in [-0.39, 0.29) is 12.4 Å². The average Bonchev–Trinajstić information content (AvgIpc) is 1.63. The van der Waals surface area contributed by atoms with Crippen molar-refractivity contribution < 1.29 is 4.84 Å². The molecule has 1 heterocycles. The first kappa shape index (κ1) is 9.17. The summed E-state index contributed by atoms with van der Waals surface area (Å²) in [5.74, 6) is 0. The molecule has 0 aromatic rings. The largest absolute Gasteiger partial charge is 0.311 e. The molecular weight excluding hydrogens is 140 g/mol. The van der Waals surface area contributed by atoms with E-state index in [2.05, 4.69) is 10.8 Å². The molecule has 0 aliphatic carbocycles. The van der Waals surface area contributed by atoms with Gasteiger partial charge in [0.1, 0.15) is 6.10 Å². The van der Waals surface area contributed by atoms with Crippen LogP contribution in [-0.2, 0) is 4.84 Å². The number of hydrogen-bond acceptors (Lipinski definition) is 3. The average molecular weight is 153 g/mol. The molecule has 0 aromatic carbocycles. The lowest BCUT2D eigenvalue weighted by atomic mass is 10.2. The third-order valence-electron chi connectivity index (χ3n) is 1.14. The van der Waals surface area contributed by atoms with Gasteiger partial charge in [-0.3, -0.25) is 4.84 Å². The van der Waals surface area contributed by atoms with Gasteiger partial charge in [0, 0.05) is 19.6 Å². The van der Waals surface area contributed by atoms with Gasteiger partial charge < -0.3 is 5.32 Å². The Kier molecular flexibility index (Phi) is 5.09. The lowest BCUT2D eigenvalue weighted by Crippen LogP contribution is -2.50. The van der Waals surface area contributed by atoms with E-state index in [0.717, 1.165) is 19.6 Å². The zero-order valence-corrected chi connectivity index (χ0v) is 6.33. The van der Waals surface area contributed by atoms with E-state index in [9.17, 15) is 0 Å². The Labute approximate surface area is 61.5 Å². The fourth-order valence-corrected chi connectivity index (χ4v) is 0.547. The maximum absolute atomic E-state index is 5.11. The van der Waals surface area contributed by atoms with Gasteiger partial charge in [-0.05, 0) is 0 Å². The molecule has 2 N–H and O–H groups in total. The van der Waals surface area contributed by atoms with Crippen LogP contribution in [0.3, 0.4) is 0 Å². The normalized spacial score (nSPS) is 18.3. The highest BCUT2D eigenvalue weighted by molar-refractivity contribution is 5.85. The molecule has 1 aliphatic rings. The molecule has 1 saturated heterocycles. The van der Waals surface area contributed by atoms with Crippen LogP contribution in [0, 0.1) is 0 Å². The van der Waals surface area contributed by atoms with Crippen LogP contribution in [-0.4, -0.2) is 25.7 Å². The van der Waals surface area contributed by atoms with Crippen LogP contribution < -0.4 is 10.8 Å². The molecule has 1 aliphatic heterocycles. The van der Waals surface area contributed by atoms with Crippen LogP contribution in [0.1, 0.15) is 6.92 Å². The molecule has 0 atom stereocenters. The van der Waals surface area contributed by atoms with E-state index < -0.39 is 0 Å². The summed E-state index contributed by atoms with van der Waals surface area (Å²) in [6, 6.07) is 0. The van der Waals surface area contributed by atoms with Gasteiger partial charge in [-0.25, -0.2) is 5.48 Å². The quantitative estimate of drug-likeness (QED) is 0.556. The molecule has 1 fully saturated rings. The first-order valence-electron chi connectivity index (χ1n) is 3.02. The minimum atomic E-state index is 0. The van der Waals surface area contributed by atoms with Crippen molar-refractivity contribution in [3.63, 3.8) is 0 Å². The van der Waals surface area contributed by atoms with Crippen molar-refractivity contribution in [3.05, 3.63) is 0 Å². The molecule has 3 nitrogen and oxygen atoms in total. The van der Waals surface area contributed by atoms with E-state index in [1.54, 1.807) is 0 Å². The van der Waals surface area contributed by atoms with Crippen LogP contribution in [0.5, 0.6) is 0 Å². The number of nitrogens with one attached hydrogen (secondary N) is 2. The van der Waals surface area contributed by atoms with Crippen molar-refractivity contribution >= 4 is 12.4 Å². The zero-order chi connectivity index (χ0) is 5.82. The molecule has 0 bridgehead atoms. The SMILES string of the molecule is CCNOC1CNC1.Cl. The van der Waals surface area contributed by atoms with Gasteiger partial charge in [0.15, 0.2) is 0 Å². The summed E-state index contributed by atoms with van der Waals surface area (Å²) in [5, 5.41) is 3.11. The van der Waals surface area contributed by atoms with Crippen LogP contribution in [0.15, 0.2) is 0 Å². The molecule has 0 radical (unpaired) electrons. The summed E-state index contributed by atoms with van der Waals surface area (Å²) in [6.07, 6.45) is 0.412. The highest BCUT2D eigenvalue weighted by atomic mass is 35.5. The number of halogens is 1.